The van der Waals surface area contributed by atoms with Crippen LogP contribution >= 0.6 is 24.0 Å². The molecule has 3 rings (SSSR count). The minimum absolute atomic E-state index is 0. The number of aliphatic imine (C=N–C) groups is 1. The molecule has 1 aromatic carbocycles. The average molecular weight is 571 g/mol. The molecule has 0 bridgehead atoms. The molecule has 0 radical (unpaired) electrons. The van der Waals surface area contributed by atoms with E-state index in [4.69, 9.17) is 4.99 Å². The monoisotopic (exact) mass is 570 g/mol. The number of nitrogens with zero attached hydrogens (tertiary/aromatic N) is 4. The first-order valence-corrected chi connectivity index (χ1v) is 12.0. The Kier molecular flexibility index (Phi) is 11.4. The summed E-state index contributed by atoms with van der Waals surface area (Å²) in [6, 6.07) is 7.57. The normalized spacial score (nSPS) is 18.0. The van der Waals surface area contributed by atoms with Gasteiger partial charge in [0, 0.05) is 57.9 Å². The molecule has 1 aromatic rings. The van der Waals surface area contributed by atoms with Crippen molar-refractivity contribution in [2.75, 3.05) is 52.4 Å². The largest absolute Gasteiger partial charge is 0.357 e. The number of guanidine groups is 1. The molecule has 2 aliphatic rings. The zero-order valence-electron chi connectivity index (χ0n) is 20.2. The molecule has 2 amide bonds. The van der Waals surface area contributed by atoms with Gasteiger partial charge >= 0.3 is 0 Å². The van der Waals surface area contributed by atoms with Crippen molar-refractivity contribution in [2.45, 2.75) is 46.2 Å². The van der Waals surface area contributed by atoms with E-state index in [1.54, 1.807) is 0 Å². The fourth-order valence-electron chi connectivity index (χ4n) is 4.34. The maximum atomic E-state index is 12.7. The van der Waals surface area contributed by atoms with Gasteiger partial charge in [0.1, 0.15) is 0 Å². The maximum absolute atomic E-state index is 12.7. The third kappa shape index (κ3) is 7.56. The molecule has 0 aromatic heterocycles. The highest BCUT2D eigenvalue weighted by Gasteiger charge is 2.30. The molecule has 9 heteroatoms. The van der Waals surface area contributed by atoms with E-state index < -0.39 is 0 Å². The van der Waals surface area contributed by atoms with E-state index in [-0.39, 0.29) is 41.8 Å². The third-order valence-corrected chi connectivity index (χ3v) is 6.21. The standard InChI is InChI=1S/C24H38N6O2.HI/c1-4-25-22(31)21-10-8-9-20(17-21)18-27-24(26-5-2)30-15-13-28(14-16-30)19(3)23(32)29-11-6-7-12-29;/h8-10,17,19H,4-7,11-16,18H2,1-3H3,(H,25,31)(H,26,27);1H. The number of hydrogen-bond donors (Lipinski definition) is 2. The summed E-state index contributed by atoms with van der Waals surface area (Å²) < 4.78 is 0. The fraction of sp³-hybridized carbons (Fsp3) is 0.625. The van der Waals surface area contributed by atoms with Crippen LogP contribution in [0.3, 0.4) is 0 Å². The number of hydrogen-bond acceptors (Lipinski definition) is 4. The van der Waals surface area contributed by atoms with Crippen LogP contribution in [0.15, 0.2) is 29.3 Å². The van der Waals surface area contributed by atoms with Gasteiger partial charge in [-0.25, -0.2) is 4.99 Å². The molecule has 2 aliphatic heterocycles. The third-order valence-electron chi connectivity index (χ3n) is 6.21. The molecule has 2 saturated heterocycles. The zero-order valence-corrected chi connectivity index (χ0v) is 22.5. The summed E-state index contributed by atoms with van der Waals surface area (Å²) in [6.45, 7) is 13.1. The molecule has 33 heavy (non-hydrogen) atoms. The summed E-state index contributed by atoms with van der Waals surface area (Å²) in [5.41, 5.74) is 1.67. The van der Waals surface area contributed by atoms with Gasteiger partial charge in [0.2, 0.25) is 5.91 Å². The number of nitrogens with one attached hydrogen (secondary N) is 2. The van der Waals surface area contributed by atoms with Crippen molar-refractivity contribution in [2.24, 2.45) is 4.99 Å². The van der Waals surface area contributed by atoms with Crippen molar-refractivity contribution in [3.63, 3.8) is 0 Å². The topological polar surface area (TPSA) is 80.3 Å². The summed E-state index contributed by atoms with van der Waals surface area (Å²) >= 11 is 0. The lowest BCUT2D eigenvalue weighted by atomic mass is 10.1. The molecule has 2 N–H and O–H groups in total. The van der Waals surface area contributed by atoms with Gasteiger partial charge < -0.3 is 20.4 Å². The quantitative estimate of drug-likeness (QED) is 0.299. The van der Waals surface area contributed by atoms with Crippen LogP contribution in [0, 0.1) is 0 Å². The Morgan fingerprint density at radius 2 is 1.64 bits per heavy atom. The van der Waals surface area contributed by atoms with Gasteiger partial charge in [-0.05, 0) is 51.3 Å². The Labute approximate surface area is 215 Å². The predicted octanol–water partition coefficient (Wildman–Crippen LogP) is 2.15. The molecule has 2 fully saturated rings. The molecule has 1 unspecified atom stereocenters. The van der Waals surface area contributed by atoms with Crippen LogP contribution < -0.4 is 10.6 Å². The highest BCUT2D eigenvalue weighted by Crippen LogP contribution is 2.14. The number of rotatable bonds is 7. The Morgan fingerprint density at radius 1 is 0.970 bits per heavy atom. The van der Waals surface area contributed by atoms with E-state index >= 15 is 0 Å². The van der Waals surface area contributed by atoms with Crippen LogP contribution in [0.1, 0.15) is 49.5 Å². The molecule has 8 nitrogen and oxygen atoms in total. The highest BCUT2D eigenvalue weighted by molar-refractivity contribution is 14.0. The van der Waals surface area contributed by atoms with Crippen LogP contribution in [0.25, 0.3) is 0 Å². The fourth-order valence-corrected chi connectivity index (χ4v) is 4.34. The van der Waals surface area contributed by atoms with E-state index in [9.17, 15) is 9.59 Å². The molecular weight excluding hydrogens is 531 g/mol. The lowest BCUT2D eigenvalue weighted by Crippen LogP contribution is -2.57. The van der Waals surface area contributed by atoms with Gasteiger partial charge in [0.15, 0.2) is 5.96 Å². The number of carbonyl (C=O) groups excluding carboxylic acids is 2. The number of amides is 2. The molecule has 0 spiro atoms. The first kappa shape index (κ1) is 27.4. The van der Waals surface area contributed by atoms with Gasteiger partial charge in [-0.1, -0.05) is 12.1 Å². The second-order valence-electron chi connectivity index (χ2n) is 8.46. The summed E-state index contributed by atoms with van der Waals surface area (Å²) in [6.07, 6.45) is 2.25. The van der Waals surface area contributed by atoms with E-state index in [2.05, 4.69) is 27.4 Å². The van der Waals surface area contributed by atoms with E-state index in [1.165, 1.54) is 0 Å². The molecule has 0 aliphatic carbocycles. The summed E-state index contributed by atoms with van der Waals surface area (Å²) in [4.78, 5) is 36.2. The summed E-state index contributed by atoms with van der Waals surface area (Å²) in [5.74, 6) is 1.09. The lowest BCUT2D eigenvalue weighted by molar-refractivity contribution is -0.135. The molecule has 2 heterocycles. The first-order chi connectivity index (χ1) is 15.5. The van der Waals surface area contributed by atoms with Crippen molar-refractivity contribution in [1.82, 2.24) is 25.3 Å². The van der Waals surface area contributed by atoms with Crippen LogP contribution in [-0.4, -0.2) is 90.9 Å². The highest BCUT2D eigenvalue weighted by atomic mass is 127. The zero-order chi connectivity index (χ0) is 22.9. The number of likely N-dealkylation sites (tertiary alicyclic amines) is 1. The lowest BCUT2D eigenvalue weighted by Gasteiger charge is -2.39. The molecule has 184 valence electrons. The Hall–Kier alpha value is -1.88. The van der Waals surface area contributed by atoms with E-state index in [0.29, 0.717) is 18.7 Å². The van der Waals surface area contributed by atoms with Gasteiger partial charge in [0.05, 0.1) is 12.6 Å². The number of carbonyl (C=O) groups is 2. The number of halogens is 1. The average Bonchev–Trinajstić information content (AvgIpc) is 3.36. The van der Waals surface area contributed by atoms with E-state index in [0.717, 1.165) is 70.2 Å². The van der Waals surface area contributed by atoms with Crippen LogP contribution in [0.4, 0.5) is 0 Å². The van der Waals surface area contributed by atoms with E-state index in [1.807, 2.05) is 43.0 Å². The minimum atomic E-state index is -0.0632. The molecule has 1 atom stereocenters. The molecule has 0 saturated carbocycles. The Balaban J connectivity index is 0.00000385. The van der Waals surface area contributed by atoms with Gasteiger partial charge in [-0.15, -0.1) is 24.0 Å². The van der Waals surface area contributed by atoms with Crippen molar-refractivity contribution < 1.29 is 9.59 Å². The van der Waals surface area contributed by atoms with Crippen LogP contribution in [0.5, 0.6) is 0 Å². The van der Waals surface area contributed by atoms with Crippen LogP contribution in [0.2, 0.25) is 0 Å². The summed E-state index contributed by atoms with van der Waals surface area (Å²) in [7, 11) is 0. The first-order valence-electron chi connectivity index (χ1n) is 12.0. The van der Waals surface area contributed by atoms with Crippen LogP contribution in [-0.2, 0) is 11.3 Å². The second-order valence-corrected chi connectivity index (χ2v) is 8.46. The Bertz CT molecular complexity index is 804. The maximum Gasteiger partial charge on any atom is 0.251 e. The predicted molar refractivity (Wildman–Crippen MR) is 143 cm³/mol. The SMILES string of the molecule is CCNC(=O)c1cccc(CN=C(NCC)N2CCN(C(C)C(=O)N3CCCC3)CC2)c1.I. The molecular formula is C24H39IN6O2. The van der Waals surface area contributed by atoms with Crippen molar-refractivity contribution >= 4 is 41.8 Å². The van der Waals surface area contributed by atoms with Crippen molar-refractivity contribution in [1.29, 1.82) is 0 Å². The summed E-state index contributed by atoms with van der Waals surface area (Å²) in [5, 5.41) is 6.23. The van der Waals surface area contributed by atoms with Crippen molar-refractivity contribution in [3.05, 3.63) is 35.4 Å². The van der Waals surface area contributed by atoms with Gasteiger partial charge in [-0.2, -0.15) is 0 Å². The van der Waals surface area contributed by atoms with Gasteiger partial charge in [-0.3, -0.25) is 14.5 Å². The smallest absolute Gasteiger partial charge is 0.251 e. The number of piperazine rings is 1. The Morgan fingerprint density at radius 3 is 2.27 bits per heavy atom. The van der Waals surface area contributed by atoms with Crippen molar-refractivity contribution in [3.8, 4) is 0 Å². The minimum Gasteiger partial charge on any atom is -0.357 e. The number of benzene rings is 1. The van der Waals surface area contributed by atoms with Gasteiger partial charge in [0.25, 0.3) is 5.91 Å². The second kappa shape index (κ2) is 13.7.